The van der Waals surface area contributed by atoms with Crippen molar-refractivity contribution in [3.63, 3.8) is 0 Å². The van der Waals surface area contributed by atoms with Crippen LogP contribution in [0.2, 0.25) is 0 Å². The van der Waals surface area contributed by atoms with E-state index >= 15 is 0 Å². The minimum absolute atomic E-state index is 0.0676. The Morgan fingerprint density at radius 3 is 2.65 bits per heavy atom. The predicted octanol–water partition coefficient (Wildman–Crippen LogP) is 2.65. The number of anilines is 1. The highest BCUT2D eigenvalue weighted by atomic mass is 16.2. The van der Waals surface area contributed by atoms with Gasteiger partial charge in [-0.2, -0.15) is 5.10 Å². The molecular formula is C29H25N9O2. The summed E-state index contributed by atoms with van der Waals surface area (Å²) in [5.41, 5.74) is 10.4. The van der Waals surface area contributed by atoms with Gasteiger partial charge in [0, 0.05) is 19.4 Å². The zero-order chi connectivity index (χ0) is 28.0. The van der Waals surface area contributed by atoms with Crippen molar-refractivity contribution < 1.29 is 4.79 Å². The van der Waals surface area contributed by atoms with Gasteiger partial charge in [0.05, 0.1) is 40.4 Å². The van der Waals surface area contributed by atoms with Crippen molar-refractivity contribution in [1.29, 1.82) is 0 Å². The molecule has 0 aliphatic carbocycles. The Kier molecular flexibility index (Phi) is 5.92. The molecule has 0 saturated heterocycles. The summed E-state index contributed by atoms with van der Waals surface area (Å²) in [7, 11) is 1.85. The number of nitrogen functional groups attached to an aromatic ring is 1. The lowest BCUT2D eigenvalue weighted by atomic mass is 10.1. The second kappa shape index (κ2) is 9.59. The summed E-state index contributed by atoms with van der Waals surface area (Å²) in [6.45, 7) is 3.75. The maximum atomic E-state index is 14.0. The van der Waals surface area contributed by atoms with Crippen LogP contribution in [0.3, 0.4) is 0 Å². The van der Waals surface area contributed by atoms with Gasteiger partial charge in [-0.3, -0.25) is 18.4 Å². The number of nitrogens with two attached hydrogens (primary N) is 1. The largest absolute Gasteiger partial charge is 0.381 e. The number of aromatic nitrogens is 7. The highest BCUT2D eigenvalue weighted by molar-refractivity contribution is 6.04. The smallest absolute Gasteiger partial charge is 0.338 e. The van der Waals surface area contributed by atoms with Crippen LogP contribution in [0.1, 0.15) is 46.0 Å². The second-order valence-electron chi connectivity index (χ2n) is 9.36. The highest BCUT2D eigenvalue weighted by Gasteiger charge is 2.24. The van der Waals surface area contributed by atoms with Gasteiger partial charge in [0.25, 0.3) is 5.91 Å². The van der Waals surface area contributed by atoms with Crippen molar-refractivity contribution in [2.45, 2.75) is 19.9 Å². The van der Waals surface area contributed by atoms with Gasteiger partial charge in [-0.25, -0.2) is 14.3 Å². The van der Waals surface area contributed by atoms with Crippen LogP contribution in [0, 0.1) is 18.8 Å². The molecule has 0 radical (unpaired) electrons. The maximum Gasteiger partial charge on any atom is 0.338 e. The van der Waals surface area contributed by atoms with Crippen molar-refractivity contribution in [2.75, 3.05) is 5.73 Å². The van der Waals surface area contributed by atoms with Crippen LogP contribution in [0.5, 0.6) is 0 Å². The molecule has 0 saturated carbocycles. The molecule has 1 atom stereocenters. The standard InChI is InChI=1S/C29H25N9O2/c1-18(33-28(39)25-26(30)34-36-15-7-14-31-27(25)36)24-16-23-13-12-22(11-10-20-17-32-35(3)19(20)2)37(23)29(40)38(24)21-8-5-4-6-9-21/h4-9,12-18H,1-3H3,(H2,30,34)(H,33,39). The highest BCUT2D eigenvalue weighted by Crippen LogP contribution is 2.22. The van der Waals surface area contributed by atoms with Crippen LogP contribution in [0.4, 0.5) is 5.82 Å². The fourth-order valence-corrected chi connectivity index (χ4v) is 4.68. The Hall–Kier alpha value is -5.63. The van der Waals surface area contributed by atoms with Crippen molar-refractivity contribution in [3.8, 4) is 17.5 Å². The molecule has 1 aromatic carbocycles. The Balaban J connectivity index is 1.45. The maximum absolute atomic E-state index is 14.0. The van der Waals surface area contributed by atoms with Gasteiger partial charge in [0.15, 0.2) is 11.5 Å². The normalized spacial score (nSPS) is 11.9. The van der Waals surface area contributed by atoms with E-state index in [9.17, 15) is 9.59 Å². The number of benzene rings is 1. The Bertz CT molecular complexity index is 2030. The number of nitrogens with zero attached hydrogens (tertiary/aromatic N) is 7. The number of fused-ring (bicyclic) bond motifs is 2. The molecule has 198 valence electrons. The summed E-state index contributed by atoms with van der Waals surface area (Å²) >= 11 is 0. The summed E-state index contributed by atoms with van der Waals surface area (Å²) in [6, 6.07) is 15.9. The average Bonchev–Trinajstić information content (AvgIpc) is 3.62. The molecule has 11 nitrogen and oxygen atoms in total. The summed E-state index contributed by atoms with van der Waals surface area (Å²) in [4.78, 5) is 31.7. The third-order valence-corrected chi connectivity index (χ3v) is 6.86. The molecule has 6 aromatic rings. The van der Waals surface area contributed by atoms with E-state index in [1.807, 2.05) is 69.4 Å². The first-order chi connectivity index (χ1) is 19.3. The first kappa shape index (κ1) is 24.7. The molecular weight excluding hydrogens is 506 g/mol. The lowest BCUT2D eigenvalue weighted by Gasteiger charge is -2.20. The van der Waals surface area contributed by atoms with Crippen LogP contribution in [-0.4, -0.2) is 39.3 Å². The Morgan fingerprint density at radius 2 is 1.90 bits per heavy atom. The number of hydrogen-bond donors (Lipinski definition) is 2. The van der Waals surface area contributed by atoms with E-state index in [4.69, 9.17) is 5.73 Å². The van der Waals surface area contributed by atoms with Crippen LogP contribution in [0.25, 0.3) is 16.9 Å². The number of para-hydroxylation sites is 1. The van der Waals surface area contributed by atoms with Gasteiger partial charge in [-0.1, -0.05) is 24.1 Å². The van der Waals surface area contributed by atoms with E-state index < -0.39 is 11.9 Å². The third-order valence-electron chi connectivity index (χ3n) is 6.86. The molecule has 6 rings (SSSR count). The van der Waals surface area contributed by atoms with Crippen LogP contribution in [0.15, 0.2) is 78.0 Å². The third kappa shape index (κ3) is 4.08. The summed E-state index contributed by atoms with van der Waals surface area (Å²) < 4.78 is 6.35. The number of amides is 1. The molecule has 0 bridgehead atoms. The molecule has 1 amide bonds. The topological polar surface area (TPSA) is 130 Å². The molecule has 0 aliphatic rings. The number of nitrogens with one attached hydrogen (secondary N) is 1. The van der Waals surface area contributed by atoms with Crippen LogP contribution in [-0.2, 0) is 7.05 Å². The molecule has 40 heavy (non-hydrogen) atoms. The monoisotopic (exact) mass is 531 g/mol. The molecule has 11 heteroatoms. The van der Waals surface area contributed by atoms with E-state index in [0.29, 0.717) is 28.2 Å². The Labute approximate surface area is 228 Å². The minimum Gasteiger partial charge on any atom is -0.381 e. The Morgan fingerprint density at radius 1 is 1.10 bits per heavy atom. The fourth-order valence-electron chi connectivity index (χ4n) is 4.68. The van der Waals surface area contributed by atoms with Crippen LogP contribution < -0.4 is 16.7 Å². The fraction of sp³-hybridized carbons (Fsp3) is 0.138. The van der Waals surface area contributed by atoms with Crippen molar-refractivity contribution in [1.82, 2.24) is 38.7 Å². The molecule has 5 aromatic heterocycles. The zero-order valence-electron chi connectivity index (χ0n) is 22.0. The SMILES string of the molecule is Cc1c(C#Cc2ccc3cc(C(C)NC(=O)c4c(N)nn5cccnc45)n(-c4ccccc4)c(=O)n23)cnn1C. The summed E-state index contributed by atoms with van der Waals surface area (Å²) in [5, 5.41) is 11.4. The first-order valence-electron chi connectivity index (χ1n) is 12.6. The van der Waals surface area contributed by atoms with Crippen molar-refractivity contribution in [2.24, 2.45) is 7.05 Å². The molecule has 1 unspecified atom stereocenters. The zero-order valence-corrected chi connectivity index (χ0v) is 22.0. The molecule has 0 spiro atoms. The van der Waals surface area contributed by atoms with E-state index in [-0.39, 0.29) is 17.1 Å². The van der Waals surface area contributed by atoms with Gasteiger partial charge < -0.3 is 11.1 Å². The van der Waals surface area contributed by atoms with Gasteiger partial charge in [0.2, 0.25) is 0 Å². The van der Waals surface area contributed by atoms with Gasteiger partial charge in [-0.15, -0.1) is 5.10 Å². The van der Waals surface area contributed by atoms with Crippen molar-refractivity contribution >= 4 is 22.9 Å². The minimum atomic E-state index is -0.578. The lowest BCUT2D eigenvalue weighted by Crippen LogP contribution is -2.34. The number of hydrogen-bond acceptors (Lipinski definition) is 6. The number of aryl methyl sites for hydroxylation is 1. The summed E-state index contributed by atoms with van der Waals surface area (Å²) in [5.74, 6) is 5.88. The second-order valence-corrected chi connectivity index (χ2v) is 9.36. The molecule has 5 heterocycles. The molecule has 0 fully saturated rings. The van der Waals surface area contributed by atoms with Gasteiger partial charge in [-0.05, 0) is 56.2 Å². The van der Waals surface area contributed by atoms with E-state index in [1.54, 1.807) is 38.3 Å². The van der Waals surface area contributed by atoms with Crippen molar-refractivity contribution in [3.05, 3.63) is 112 Å². The first-order valence-corrected chi connectivity index (χ1v) is 12.6. The van der Waals surface area contributed by atoms with E-state index in [0.717, 1.165) is 11.3 Å². The number of carbonyl (C=O) groups is 1. The number of carbonyl (C=O) groups excluding carboxylic acids is 1. The number of rotatable bonds is 4. The summed E-state index contributed by atoms with van der Waals surface area (Å²) in [6.07, 6.45) is 4.94. The van der Waals surface area contributed by atoms with Crippen LogP contribution >= 0.6 is 0 Å². The lowest BCUT2D eigenvalue weighted by molar-refractivity contribution is 0.0941. The molecule has 3 N–H and O–H groups in total. The van der Waals surface area contributed by atoms with E-state index in [2.05, 4.69) is 32.3 Å². The predicted molar refractivity (Wildman–Crippen MR) is 150 cm³/mol. The van der Waals surface area contributed by atoms with Gasteiger partial charge in [0.1, 0.15) is 11.3 Å². The van der Waals surface area contributed by atoms with E-state index in [1.165, 1.54) is 4.52 Å². The quantitative estimate of drug-likeness (QED) is 0.337. The molecule has 0 aliphatic heterocycles. The average molecular weight is 532 g/mol. The van der Waals surface area contributed by atoms with Gasteiger partial charge >= 0.3 is 5.69 Å².